The Morgan fingerprint density at radius 1 is 0.939 bits per heavy atom. The third-order valence-corrected chi connectivity index (χ3v) is 6.61. The van der Waals surface area contributed by atoms with Gasteiger partial charge in [-0.05, 0) is 48.0 Å². The molecular formula is C24H24N2O6S. The summed E-state index contributed by atoms with van der Waals surface area (Å²) < 4.78 is 37.1. The van der Waals surface area contributed by atoms with Crippen LogP contribution in [0.15, 0.2) is 83.8 Å². The third-order valence-electron chi connectivity index (χ3n) is 4.83. The molecule has 0 heterocycles. The van der Waals surface area contributed by atoms with Gasteiger partial charge in [0.15, 0.2) is 6.61 Å². The lowest BCUT2D eigenvalue weighted by Gasteiger charge is -2.19. The highest BCUT2D eigenvalue weighted by Crippen LogP contribution is 2.22. The van der Waals surface area contributed by atoms with Gasteiger partial charge in [-0.15, -0.1) is 0 Å². The van der Waals surface area contributed by atoms with Crippen molar-refractivity contribution in [3.8, 4) is 5.75 Å². The number of hydrogen-bond donors (Lipinski definition) is 1. The van der Waals surface area contributed by atoms with Gasteiger partial charge in [0.2, 0.25) is 0 Å². The summed E-state index contributed by atoms with van der Waals surface area (Å²) in [5, 5.41) is 2.65. The Balaban J connectivity index is 1.59. The monoisotopic (exact) mass is 468 g/mol. The molecule has 0 saturated heterocycles. The van der Waals surface area contributed by atoms with Gasteiger partial charge in [-0.1, -0.05) is 36.4 Å². The number of anilines is 1. The number of nitrogens with one attached hydrogen (secondary N) is 1. The first-order valence-corrected chi connectivity index (χ1v) is 11.5. The summed E-state index contributed by atoms with van der Waals surface area (Å²) >= 11 is 0. The van der Waals surface area contributed by atoms with E-state index in [4.69, 9.17) is 9.47 Å². The average molecular weight is 469 g/mol. The standard InChI is InChI=1S/C24H24N2O6S/c1-26(20-8-4-3-5-9-20)33(29,30)22-10-6-7-19(15-22)24(28)32-17-23(27)25-16-18-11-13-21(31-2)14-12-18/h3-15H,16-17H2,1-2H3,(H,25,27). The fraction of sp³-hybridized carbons (Fsp3) is 0.167. The molecule has 0 spiro atoms. The Morgan fingerprint density at radius 3 is 2.30 bits per heavy atom. The summed E-state index contributed by atoms with van der Waals surface area (Å²) in [5.74, 6) is -0.570. The number of carbonyl (C=O) groups is 2. The first-order chi connectivity index (χ1) is 15.8. The summed E-state index contributed by atoms with van der Waals surface area (Å²) in [6.45, 7) is -0.226. The summed E-state index contributed by atoms with van der Waals surface area (Å²) in [7, 11) is -0.886. The molecular weight excluding hydrogens is 444 g/mol. The van der Waals surface area contributed by atoms with Crippen molar-refractivity contribution in [2.45, 2.75) is 11.4 Å². The maximum Gasteiger partial charge on any atom is 0.338 e. The average Bonchev–Trinajstić information content (AvgIpc) is 2.86. The summed E-state index contributed by atoms with van der Waals surface area (Å²) in [6.07, 6.45) is 0. The number of ether oxygens (including phenoxy) is 2. The van der Waals surface area contributed by atoms with E-state index in [9.17, 15) is 18.0 Å². The number of carbonyl (C=O) groups excluding carboxylic acids is 2. The van der Waals surface area contributed by atoms with Crippen LogP contribution in [0.25, 0.3) is 0 Å². The highest BCUT2D eigenvalue weighted by molar-refractivity contribution is 7.92. The van der Waals surface area contributed by atoms with Crippen molar-refractivity contribution in [1.29, 1.82) is 0 Å². The van der Waals surface area contributed by atoms with Crippen LogP contribution in [0.2, 0.25) is 0 Å². The van der Waals surface area contributed by atoms with E-state index >= 15 is 0 Å². The topological polar surface area (TPSA) is 102 Å². The van der Waals surface area contributed by atoms with E-state index in [0.717, 1.165) is 9.87 Å². The first kappa shape index (κ1) is 23.8. The molecule has 0 radical (unpaired) electrons. The van der Waals surface area contributed by atoms with Crippen LogP contribution >= 0.6 is 0 Å². The van der Waals surface area contributed by atoms with Gasteiger partial charge in [-0.3, -0.25) is 9.10 Å². The molecule has 0 atom stereocenters. The fourth-order valence-corrected chi connectivity index (χ4v) is 4.17. The van der Waals surface area contributed by atoms with E-state index in [1.807, 2.05) is 12.1 Å². The number of para-hydroxylation sites is 1. The van der Waals surface area contributed by atoms with Gasteiger partial charge in [0.25, 0.3) is 15.9 Å². The van der Waals surface area contributed by atoms with Gasteiger partial charge < -0.3 is 14.8 Å². The molecule has 1 N–H and O–H groups in total. The van der Waals surface area contributed by atoms with Gasteiger partial charge in [0.05, 0.1) is 23.3 Å². The largest absolute Gasteiger partial charge is 0.497 e. The van der Waals surface area contributed by atoms with E-state index in [1.165, 1.54) is 31.3 Å². The number of methoxy groups -OCH3 is 1. The van der Waals surface area contributed by atoms with E-state index in [1.54, 1.807) is 49.6 Å². The number of rotatable bonds is 9. The molecule has 0 aliphatic rings. The van der Waals surface area contributed by atoms with Crippen molar-refractivity contribution in [1.82, 2.24) is 5.32 Å². The van der Waals surface area contributed by atoms with Crippen LogP contribution in [-0.4, -0.2) is 41.1 Å². The molecule has 0 aliphatic heterocycles. The Bertz CT molecular complexity index is 1210. The number of sulfonamides is 1. The highest BCUT2D eigenvalue weighted by atomic mass is 32.2. The molecule has 9 heteroatoms. The van der Waals surface area contributed by atoms with Crippen LogP contribution in [0.5, 0.6) is 5.75 Å². The SMILES string of the molecule is COc1ccc(CNC(=O)COC(=O)c2cccc(S(=O)(=O)N(C)c3ccccc3)c2)cc1. The van der Waals surface area contributed by atoms with Crippen LogP contribution in [0.4, 0.5) is 5.69 Å². The molecule has 0 saturated carbocycles. The van der Waals surface area contributed by atoms with Crippen molar-refractivity contribution in [2.75, 3.05) is 25.1 Å². The first-order valence-electron chi connectivity index (χ1n) is 10.0. The van der Waals surface area contributed by atoms with Gasteiger partial charge in [-0.2, -0.15) is 0 Å². The second-order valence-electron chi connectivity index (χ2n) is 7.04. The Morgan fingerprint density at radius 2 is 1.64 bits per heavy atom. The summed E-state index contributed by atoms with van der Waals surface area (Å²) in [5.41, 5.74) is 1.37. The number of hydrogen-bond acceptors (Lipinski definition) is 6. The second kappa shape index (κ2) is 10.6. The van der Waals surface area contributed by atoms with E-state index < -0.39 is 28.5 Å². The van der Waals surface area contributed by atoms with Crippen molar-refractivity contribution < 1.29 is 27.5 Å². The number of amides is 1. The Hall–Kier alpha value is -3.85. The second-order valence-corrected chi connectivity index (χ2v) is 9.01. The normalized spacial score (nSPS) is 10.8. The maximum absolute atomic E-state index is 12.9. The molecule has 3 rings (SSSR count). The number of nitrogens with zero attached hydrogens (tertiary/aromatic N) is 1. The van der Waals surface area contributed by atoms with Crippen LogP contribution < -0.4 is 14.4 Å². The molecule has 172 valence electrons. The smallest absolute Gasteiger partial charge is 0.338 e. The molecule has 0 bridgehead atoms. The molecule has 1 amide bonds. The molecule has 0 aromatic heterocycles. The van der Waals surface area contributed by atoms with E-state index in [2.05, 4.69) is 5.32 Å². The van der Waals surface area contributed by atoms with Crippen LogP contribution in [-0.2, 0) is 26.1 Å². The molecule has 0 fully saturated rings. The quantitative estimate of drug-likeness (QED) is 0.485. The lowest BCUT2D eigenvalue weighted by atomic mass is 10.2. The minimum Gasteiger partial charge on any atom is -0.497 e. The molecule has 33 heavy (non-hydrogen) atoms. The zero-order valence-electron chi connectivity index (χ0n) is 18.2. The molecule has 3 aromatic rings. The molecule has 3 aromatic carbocycles. The molecule has 8 nitrogen and oxygen atoms in total. The predicted molar refractivity (Wildman–Crippen MR) is 124 cm³/mol. The van der Waals surface area contributed by atoms with Crippen LogP contribution in [0, 0.1) is 0 Å². The lowest BCUT2D eigenvalue weighted by Crippen LogP contribution is -2.28. The zero-order chi connectivity index (χ0) is 23.8. The number of benzene rings is 3. The van der Waals surface area contributed by atoms with Crippen molar-refractivity contribution in [3.63, 3.8) is 0 Å². The lowest BCUT2D eigenvalue weighted by molar-refractivity contribution is -0.124. The van der Waals surface area contributed by atoms with E-state index in [0.29, 0.717) is 11.4 Å². The van der Waals surface area contributed by atoms with E-state index in [-0.39, 0.29) is 17.0 Å². The zero-order valence-corrected chi connectivity index (χ0v) is 19.0. The third kappa shape index (κ3) is 6.11. The summed E-state index contributed by atoms with van der Waals surface area (Å²) in [4.78, 5) is 24.4. The minimum atomic E-state index is -3.89. The van der Waals surface area contributed by atoms with Gasteiger partial charge in [-0.25, -0.2) is 13.2 Å². The number of esters is 1. The minimum absolute atomic E-state index is 0.0282. The highest BCUT2D eigenvalue weighted by Gasteiger charge is 2.22. The summed E-state index contributed by atoms with van der Waals surface area (Å²) in [6, 6.07) is 21.3. The molecule has 0 unspecified atom stereocenters. The van der Waals surface area contributed by atoms with Crippen molar-refractivity contribution in [2.24, 2.45) is 0 Å². The molecule has 0 aliphatic carbocycles. The van der Waals surface area contributed by atoms with Crippen molar-refractivity contribution in [3.05, 3.63) is 90.0 Å². The predicted octanol–water partition coefficient (Wildman–Crippen LogP) is 2.99. The Labute approximate surface area is 192 Å². The van der Waals surface area contributed by atoms with Crippen LogP contribution in [0.3, 0.4) is 0 Å². The fourth-order valence-electron chi connectivity index (χ4n) is 2.93. The maximum atomic E-state index is 12.9. The van der Waals surface area contributed by atoms with Crippen LogP contribution in [0.1, 0.15) is 15.9 Å². The van der Waals surface area contributed by atoms with Crippen molar-refractivity contribution >= 4 is 27.6 Å². The Kier molecular flexibility index (Phi) is 7.68. The van der Waals surface area contributed by atoms with Gasteiger partial charge in [0, 0.05) is 13.6 Å². The van der Waals surface area contributed by atoms with Gasteiger partial charge >= 0.3 is 5.97 Å². The van der Waals surface area contributed by atoms with Gasteiger partial charge in [0.1, 0.15) is 5.75 Å².